The van der Waals surface area contributed by atoms with Gasteiger partial charge in [-0.25, -0.2) is 14.4 Å². The SMILES string of the molecule is COc1cc(C2CC(=O)N(N(C)C)C3=C2C(=O)CC(C)(C)C3)ccc1OCc1ccccc1F. The molecule has 180 valence electrons. The van der Waals surface area contributed by atoms with Crippen molar-refractivity contribution in [1.29, 1.82) is 0 Å². The molecule has 4 rings (SSSR count). The van der Waals surface area contributed by atoms with Crippen molar-refractivity contribution in [3.63, 3.8) is 0 Å². The molecule has 0 radical (unpaired) electrons. The Bertz CT molecular complexity index is 1160. The van der Waals surface area contributed by atoms with Crippen LogP contribution >= 0.6 is 0 Å². The highest BCUT2D eigenvalue weighted by molar-refractivity contribution is 6.02. The molecule has 7 heteroatoms. The van der Waals surface area contributed by atoms with E-state index in [1.54, 1.807) is 34.3 Å². The van der Waals surface area contributed by atoms with Gasteiger partial charge in [0.1, 0.15) is 12.4 Å². The zero-order valence-corrected chi connectivity index (χ0v) is 20.4. The van der Waals surface area contributed by atoms with Crippen molar-refractivity contribution in [3.8, 4) is 11.5 Å². The van der Waals surface area contributed by atoms with Crippen LogP contribution in [0.3, 0.4) is 0 Å². The smallest absolute Gasteiger partial charge is 0.242 e. The molecule has 0 fully saturated rings. The maximum atomic E-state index is 14.0. The number of hydrogen-bond donors (Lipinski definition) is 0. The molecule has 1 aliphatic carbocycles. The lowest BCUT2D eigenvalue weighted by Crippen LogP contribution is -2.49. The van der Waals surface area contributed by atoms with E-state index in [0.29, 0.717) is 35.5 Å². The van der Waals surface area contributed by atoms with Gasteiger partial charge in [0.15, 0.2) is 17.3 Å². The van der Waals surface area contributed by atoms with Gasteiger partial charge in [-0.2, -0.15) is 0 Å². The first-order valence-corrected chi connectivity index (χ1v) is 11.4. The number of halogens is 1. The van der Waals surface area contributed by atoms with Crippen LogP contribution in [0.2, 0.25) is 0 Å². The largest absolute Gasteiger partial charge is 0.493 e. The van der Waals surface area contributed by atoms with E-state index >= 15 is 0 Å². The number of ketones is 1. The van der Waals surface area contributed by atoms with E-state index in [2.05, 4.69) is 13.8 Å². The minimum Gasteiger partial charge on any atom is -0.493 e. The number of Topliss-reactive ketones (excluding diaryl/α,β-unsaturated/α-hetero) is 1. The highest BCUT2D eigenvalue weighted by atomic mass is 19.1. The first-order chi connectivity index (χ1) is 16.1. The van der Waals surface area contributed by atoms with E-state index in [9.17, 15) is 14.0 Å². The number of nitrogens with zero attached hydrogens (tertiary/aromatic N) is 2. The van der Waals surface area contributed by atoms with Gasteiger partial charge in [-0.05, 0) is 35.6 Å². The fourth-order valence-electron chi connectivity index (χ4n) is 4.94. The van der Waals surface area contributed by atoms with Crippen molar-refractivity contribution in [1.82, 2.24) is 10.0 Å². The van der Waals surface area contributed by atoms with Crippen LogP contribution in [0.25, 0.3) is 0 Å². The molecule has 0 saturated carbocycles. The van der Waals surface area contributed by atoms with Gasteiger partial charge in [0, 0.05) is 49.7 Å². The highest BCUT2D eigenvalue weighted by Crippen LogP contribution is 2.48. The molecule has 0 saturated heterocycles. The fourth-order valence-corrected chi connectivity index (χ4v) is 4.94. The van der Waals surface area contributed by atoms with Gasteiger partial charge in [0.05, 0.1) is 7.11 Å². The van der Waals surface area contributed by atoms with Gasteiger partial charge in [-0.1, -0.05) is 38.1 Å². The monoisotopic (exact) mass is 466 g/mol. The Balaban J connectivity index is 1.69. The molecule has 1 heterocycles. The Hall–Kier alpha value is -3.19. The molecular weight excluding hydrogens is 435 g/mol. The molecule has 1 aliphatic heterocycles. The van der Waals surface area contributed by atoms with Crippen molar-refractivity contribution in [2.24, 2.45) is 5.41 Å². The molecule has 1 unspecified atom stereocenters. The summed E-state index contributed by atoms with van der Waals surface area (Å²) in [6.45, 7) is 4.17. The molecule has 2 aliphatic rings. The zero-order chi connectivity index (χ0) is 24.6. The number of rotatable bonds is 6. The molecule has 1 atom stereocenters. The summed E-state index contributed by atoms with van der Waals surface area (Å²) in [5.74, 6) is 0.297. The maximum absolute atomic E-state index is 14.0. The zero-order valence-electron chi connectivity index (χ0n) is 20.4. The third-order valence-electron chi connectivity index (χ3n) is 6.45. The Morgan fingerprint density at radius 2 is 1.82 bits per heavy atom. The second kappa shape index (κ2) is 9.22. The third-order valence-corrected chi connectivity index (χ3v) is 6.45. The molecular formula is C27H31FN2O4. The summed E-state index contributed by atoms with van der Waals surface area (Å²) >= 11 is 0. The van der Waals surface area contributed by atoms with Crippen molar-refractivity contribution in [2.45, 2.75) is 45.6 Å². The molecule has 0 spiro atoms. The molecule has 2 aromatic carbocycles. The van der Waals surface area contributed by atoms with Crippen molar-refractivity contribution >= 4 is 11.7 Å². The first kappa shape index (κ1) is 24.0. The number of methoxy groups -OCH3 is 1. The lowest BCUT2D eigenvalue weighted by atomic mass is 9.69. The van der Waals surface area contributed by atoms with Gasteiger partial charge in [-0.3, -0.25) is 9.59 Å². The summed E-state index contributed by atoms with van der Waals surface area (Å²) < 4.78 is 25.4. The molecule has 0 N–H and O–H groups in total. The predicted molar refractivity (Wildman–Crippen MR) is 127 cm³/mol. The van der Waals surface area contributed by atoms with Gasteiger partial charge >= 0.3 is 0 Å². The Kier molecular flexibility index (Phi) is 6.49. The third kappa shape index (κ3) is 4.57. The summed E-state index contributed by atoms with van der Waals surface area (Å²) in [7, 11) is 5.17. The summed E-state index contributed by atoms with van der Waals surface area (Å²) in [6, 6.07) is 11.9. The van der Waals surface area contributed by atoms with E-state index in [1.165, 1.54) is 13.2 Å². The van der Waals surface area contributed by atoms with E-state index in [0.717, 1.165) is 11.3 Å². The van der Waals surface area contributed by atoms with Crippen LogP contribution in [0.15, 0.2) is 53.7 Å². The minimum absolute atomic E-state index is 0.0434. The summed E-state index contributed by atoms with van der Waals surface area (Å²) in [5.41, 5.74) is 2.54. The van der Waals surface area contributed by atoms with Crippen LogP contribution in [0.1, 0.15) is 50.2 Å². The molecule has 34 heavy (non-hydrogen) atoms. The number of hydrazine groups is 1. The van der Waals surface area contributed by atoms with Crippen molar-refractivity contribution in [2.75, 3.05) is 21.2 Å². The quantitative estimate of drug-likeness (QED) is 0.609. The van der Waals surface area contributed by atoms with E-state index in [-0.39, 0.29) is 41.9 Å². The van der Waals surface area contributed by atoms with Crippen molar-refractivity contribution in [3.05, 3.63) is 70.7 Å². The second-order valence-electron chi connectivity index (χ2n) is 9.90. The standard InChI is InChI=1S/C27H31FN2O4/c1-27(2)14-21-26(22(31)15-27)19(13-25(32)30(21)29(3)4)17-10-11-23(24(12-17)33-5)34-16-18-8-6-7-9-20(18)28/h6-12,19H,13-16H2,1-5H3. The lowest BCUT2D eigenvalue weighted by molar-refractivity contribution is -0.143. The highest BCUT2D eigenvalue weighted by Gasteiger charge is 2.44. The van der Waals surface area contributed by atoms with Crippen LogP contribution in [0, 0.1) is 11.2 Å². The lowest BCUT2D eigenvalue weighted by Gasteiger charge is -2.44. The van der Waals surface area contributed by atoms with Crippen LogP contribution in [-0.4, -0.2) is 42.9 Å². The average Bonchev–Trinajstić information content (AvgIpc) is 2.76. The van der Waals surface area contributed by atoms with Crippen LogP contribution in [0.5, 0.6) is 11.5 Å². The molecule has 0 bridgehead atoms. The molecule has 2 aromatic rings. The Morgan fingerprint density at radius 1 is 1.09 bits per heavy atom. The fraction of sp³-hybridized carbons (Fsp3) is 0.407. The number of benzene rings is 2. The Morgan fingerprint density at radius 3 is 2.50 bits per heavy atom. The summed E-state index contributed by atoms with van der Waals surface area (Å²) in [4.78, 5) is 26.5. The topological polar surface area (TPSA) is 59.1 Å². The molecule has 1 amide bonds. The number of carbonyl (C=O) groups excluding carboxylic acids is 2. The van der Waals surface area contributed by atoms with Crippen LogP contribution in [-0.2, 0) is 16.2 Å². The maximum Gasteiger partial charge on any atom is 0.242 e. The van der Waals surface area contributed by atoms with Crippen LogP contribution in [0.4, 0.5) is 4.39 Å². The number of hydrogen-bond acceptors (Lipinski definition) is 5. The normalized spacial score (nSPS) is 20.0. The number of carbonyl (C=O) groups is 2. The predicted octanol–water partition coefficient (Wildman–Crippen LogP) is 4.85. The Labute approximate surface area is 199 Å². The molecule has 6 nitrogen and oxygen atoms in total. The number of amides is 1. The van der Waals surface area contributed by atoms with Crippen LogP contribution < -0.4 is 9.47 Å². The van der Waals surface area contributed by atoms with E-state index in [4.69, 9.17) is 9.47 Å². The van der Waals surface area contributed by atoms with E-state index < -0.39 is 0 Å². The second-order valence-corrected chi connectivity index (χ2v) is 9.90. The number of ether oxygens (including phenoxy) is 2. The summed E-state index contributed by atoms with van der Waals surface area (Å²) in [5, 5.41) is 3.40. The minimum atomic E-state index is -0.350. The van der Waals surface area contributed by atoms with E-state index in [1.807, 2.05) is 26.2 Å². The van der Waals surface area contributed by atoms with Gasteiger partial charge in [-0.15, -0.1) is 0 Å². The molecule has 0 aromatic heterocycles. The first-order valence-electron chi connectivity index (χ1n) is 11.4. The van der Waals surface area contributed by atoms with Gasteiger partial charge < -0.3 is 9.47 Å². The van der Waals surface area contributed by atoms with Gasteiger partial charge in [0.25, 0.3) is 0 Å². The number of allylic oxidation sites excluding steroid dienone is 2. The average molecular weight is 467 g/mol. The van der Waals surface area contributed by atoms with Crippen molar-refractivity contribution < 1.29 is 23.5 Å². The van der Waals surface area contributed by atoms with Gasteiger partial charge in [0.2, 0.25) is 5.91 Å². The summed E-state index contributed by atoms with van der Waals surface area (Å²) in [6.07, 6.45) is 1.29.